The minimum absolute atomic E-state index is 0.0184. The van der Waals surface area contributed by atoms with Crippen molar-refractivity contribution in [3.63, 3.8) is 0 Å². The number of hydrogen-bond donors (Lipinski definition) is 6. The number of pyridine rings is 1. The molecule has 3 heterocycles. The lowest BCUT2D eigenvalue weighted by Crippen LogP contribution is -2.54. The van der Waals surface area contributed by atoms with Crippen LogP contribution in [0.15, 0.2) is 67.1 Å². The number of primary amides is 1. The van der Waals surface area contributed by atoms with E-state index in [1.165, 1.54) is 7.05 Å². The second-order valence-electron chi connectivity index (χ2n) is 14.3. The zero-order valence-electron chi connectivity index (χ0n) is 33.8. The van der Waals surface area contributed by atoms with Crippen LogP contribution in [-0.2, 0) is 45.7 Å². The fourth-order valence-corrected chi connectivity index (χ4v) is 8.22. The molecule has 6 amide bonds. The largest absolute Gasteiger partial charge is 0.444 e. The number of ether oxygens (including phenoxy) is 1. The summed E-state index contributed by atoms with van der Waals surface area (Å²) in [4.78, 5) is 99.0. The molecule has 0 radical (unpaired) electrons. The van der Waals surface area contributed by atoms with Gasteiger partial charge in [0.1, 0.15) is 33.2 Å². The van der Waals surface area contributed by atoms with E-state index in [-0.39, 0.29) is 47.9 Å². The number of aromatic nitrogens is 4. The van der Waals surface area contributed by atoms with Crippen LogP contribution in [0.1, 0.15) is 57.0 Å². The van der Waals surface area contributed by atoms with E-state index in [9.17, 15) is 33.6 Å². The number of fused-ring (bicyclic) bond motifs is 3. The zero-order chi connectivity index (χ0) is 44.4. The highest BCUT2D eigenvalue weighted by Gasteiger charge is 2.29. The topological polar surface area (TPSA) is 251 Å². The molecule has 0 spiro atoms. The lowest BCUT2D eigenvalue weighted by Gasteiger charge is -2.25. The average Bonchev–Trinajstić information content (AvgIpc) is 3.66. The number of amides is 6. The predicted molar refractivity (Wildman–Crippen MR) is 239 cm³/mol. The lowest BCUT2D eigenvalue weighted by molar-refractivity contribution is -0.132. The van der Waals surface area contributed by atoms with Crippen LogP contribution in [0.3, 0.4) is 0 Å². The molecule has 18 nitrogen and oxygen atoms in total. The van der Waals surface area contributed by atoms with Gasteiger partial charge in [0.05, 0.1) is 21.8 Å². The number of para-hydroxylation sites is 1. The van der Waals surface area contributed by atoms with Crippen molar-refractivity contribution in [1.82, 2.24) is 35.3 Å². The Balaban J connectivity index is 1.20. The number of halogens is 2. The molecule has 61 heavy (non-hydrogen) atoms. The number of benzene rings is 2. The Kier molecular flexibility index (Phi) is 16.1. The second-order valence-corrected chi connectivity index (χ2v) is 17.0. The molecule has 324 valence electrons. The van der Waals surface area contributed by atoms with Crippen molar-refractivity contribution in [1.29, 1.82) is 0 Å². The van der Waals surface area contributed by atoms with Crippen molar-refractivity contribution in [3.05, 3.63) is 88.8 Å². The third kappa shape index (κ3) is 12.0. The Bertz CT molecular complexity index is 2560. The van der Waals surface area contributed by atoms with Gasteiger partial charge in [0.2, 0.25) is 17.7 Å². The Labute approximate surface area is 370 Å². The predicted octanol–water partition coefficient (Wildman–Crippen LogP) is 5.03. The minimum Gasteiger partial charge on any atom is -0.444 e. The molecule has 3 aromatic heterocycles. The molecule has 5 rings (SSSR count). The molecule has 7 N–H and O–H groups in total. The molecule has 0 unspecified atom stereocenters. The smallest absolute Gasteiger partial charge is 0.413 e. The standard InChI is InChI=1S/C40H46Br2N10O8S/c1-5-9-28-49-32-33(61-28)24-10-6-7-11-25(24)46-34(32)50-40(59)60-20-22-13-15-23(16-14-22)45-35(54)26(12-8-18-44-39(43)58)47-36(55)31(21(2)3)48-27(53)17-19-52-38(57)30(42)29(41)37(56)51(52)4/h6-7,10-11,13-16,21,26,31H,5,8-9,12,17-20H2,1-4H3,(H,45,54)(H,47,55)(H,48,53)(H3,43,44,58)(H,46,50,59)/t26-,31-/m0/s1. The number of carbonyl (C=O) groups excluding carboxylic acids is 5. The Morgan fingerprint density at radius 1 is 0.918 bits per heavy atom. The number of anilines is 2. The van der Waals surface area contributed by atoms with Crippen molar-refractivity contribution in [2.24, 2.45) is 18.7 Å². The van der Waals surface area contributed by atoms with Gasteiger partial charge in [0.25, 0.3) is 11.1 Å². The number of rotatable bonds is 18. The molecule has 0 aliphatic rings. The van der Waals surface area contributed by atoms with Gasteiger partial charge in [-0.3, -0.25) is 29.3 Å². The van der Waals surface area contributed by atoms with Crippen LogP contribution in [-0.4, -0.2) is 67.8 Å². The molecule has 21 heteroatoms. The molecule has 0 aliphatic carbocycles. The molecule has 2 aromatic carbocycles. The van der Waals surface area contributed by atoms with Crippen LogP contribution in [0.25, 0.3) is 21.1 Å². The summed E-state index contributed by atoms with van der Waals surface area (Å²) in [5, 5.41) is 15.3. The average molecular weight is 987 g/mol. The maximum atomic E-state index is 13.6. The van der Waals surface area contributed by atoms with Gasteiger partial charge in [-0.25, -0.2) is 28.9 Å². The molecule has 0 aliphatic heterocycles. The maximum Gasteiger partial charge on any atom is 0.413 e. The first-order chi connectivity index (χ1) is 29.1. The van der Waals surface area contributed by atoms with Gasteiger partial charge >= 0.3 is 12.1 Å². The fraction of sp³-hybridized carbons (Fsp3) is 0.375. The van der Waals surface area contributed by atoms with Gasteiger partial charge in [-0.1, -0.05) is 51.1 Å². The molecule has 0 fully saturated rings. The van der Waals surface area contributed by atoms with Gasteiger partial charge in [0, 0.05) is 31.1 Å². The van der Waals surface area contributed by atoms with Crippen molar-refractivity contribution in [2.75, 3.05) is 17.2 Å². The van der Waals surface area contributed by atoms with Crippen molar-refractivity contribution < 1.29 is 28.7 Å². The van der Waals surface area contributed by atoms with Crippen molar-refractivity contribution in [2.45, 2.75) is 78.1 Å². The number of thiazole rings is 1. The van der Waals surface area contributed by atoms with Crippen LogP contribution in [0.4, 0.5) is 21.1 Å². The molecular formula is C40H46Br2N10O8S. The number of nitrogens with one attached hydrogen (secondary N) is 5. The number of carbonyl (C=O) groups is 5. The summed E-state index contributed by atoms with van der Waals surface area (Å²) in [7, 11) is 1.39. The van der Waals surface area contributed by atoms with Crippen LogP contribution < -0.4 is 43.4 Å². The monoisotopic (exact) mass is 984 g/mol. The summed E-state index contributed by atoms with van der Waals surface area (Å²) < 4.78 is 8.70. The second kappa shape index (κ2) is 21.2. The number of urea groups is 1. The summed E-state index contributed by atoms with van der Waals surface area (Å²) in [6, 6.07) is 11.3. The lowest BCUT2D eigenvalue weighted by atomic mass is 10.0. The molecule has 0 saturated carbocycles. The van der Waals surface area contributed by atoms with Gasteiger partial charge in [-0.05, 0) is 87.2 Å². The Hall–Kier alpha value is -5.67. The molecular weight excluding hydrogens is 940 g/mol. The summed E-state index contributed by atoms with van der Waals surface area (Å²) in [6.07, 6.45) is 1.17. The highest BCUT2D eigenvalue weighted by atomic mass is 79.9. The summed E-state index contributed by atoms with van der Waals surface area (Å²) in [6.45, 7) is 5.42. The normalized spacial score (nSPS) is 12.2. The number of nitrogens with zero attached hydrogens (tertiary/aromatic N) is 4. The molecule has 0 bridgehead atoms. The van der Waals surface area contributed by atoms with Gasteiger partial charge in [0.15, 0.2) is 5.82 Å². The van der Waals surface area contributed by atoms with E-state index in [1.54, 1.807) is 49.4 Å². The zero-order valence-corrected chi connectivity index (χ0v) is 37.8. The van der Waals surface area contributed by atoms with E-state index in [0.717, 1.165) is 42.8 Å². The fourth-order valence-electron chi connectivity index (χ4n) is 6.22. The highest BCUT2D eigenvalue weighted by molar-refractivity contribution is 9.13. The number of nitrogens with two attached hydrogens (primary N) is 1. The van der Waals surface area contributed by atoms with E-state index in [1.807, 2.05) is 24.3 Å². The van der Waals surface area contributed by atoms with E-state index in [0.29, 0.717) is 22.6 Å². The van der Waals surface area contributed by atoms with Crippen LogP contribution in [0, 0.1) is 5.92 Å². The maximum absolute atomic E-state index is 13.6. The minimum atomic E-state index is -1.09. The van der Waals surface area contributed by atoms with Crippen molar-refractivity contribution >= 4 is 106 Å². The van der Waals surface area contributed by atoms with E-state index in [2.05, 4.69) is 70.4 Å². The molecule has 0 saturated heterocycles. The van der Waals surface area contributed by atoms with Gasteiger partial charge in [-0.2, -0.15) is 0 Å². The van der Waals surface area contributed by atoms with E-state index < -0.39 is 59.0 Å². The quantitative estimate of drug-likeness (QED) is 0.0639. The third-order valence-corrected chi connectivity index (χ3v) is 12.6. The molecule has 5 aromatic rings. The first kappa shape index (κ1) is 46.4. The number of aryl methyl sites for hydroxylation is 1. The van der Waals surface area contributed by atoms with Crippen LogP contribution in [0.2, 0.25) is 0 Å². The van der Waals surface area contributed by atoms with Crippen LogP contribution >= 0.6 is 43.2 Å². The first-order valence-electron chi connectivity index (χ1n) is 19.4. The highest BCUT2D eigenvalue weighted by Crippen LogP contribution is 2.34. The summed E-state index contributed by atoms with van der Waals surface area (Å²) in [5.41, 5.74) is 6.51. The van der Waals surface area contributed by atoms with Gasteiger partial charge in [-0.15, -0.1) is 11.3 Å². The van der Waals surface area contributed by atoms with E-state index >= 15 is 0 Å². The third-order valence-electron chi connectivity index (χ3n) is 9.43. The SMILES string of the molecule is CCCc1nc2c(NC(=O)OCc3ccc(NC(=O)[C@H](CCCNC(N)=O)NC(=O)[C@@H](NC(=O)CCn4c(=O)c(Br)c(Br)c(=O)n4C)C(C)C)cc3)nc3ccccc3c2s1. The summed E-state index contributed by atoms with van der Waals surface area (Å²) in [5.74, 6) is -1.87. The Morgan fingerprint density at radius 2 is 1.62 bits per heavy atom. The van der Waals surface area contributed by atoms with Gasteiger partial charge < -0.3 is 31.7 Å². The van der Waals surface area contributed by atoms with E-state index in [4.69, 9.17) is 15.5 Å². The Morgan fingerprint density at radius 3 is 2.31 bits per heavy atom. The molecule has 2 atom stereocenters. The van der Waals surface area contributed by atoms with Crippen molar-refractivity contribution in [3.8, 4) is 0 Å². The van der Waals surface area contributed by atoms with Crippen LogP contribution in [0.5, 0.6) is 0 Å². The first-order valence-corrected chi connectivity index (χ1v) is 21.8. The summed E-state index contributed by atoms with van der Waals surface area (Å²) >= 11 is 7.75. The number of hydrogen-bond acceptors (Lipinski definition) is 11.